The van der Waals surface area contributed by atoms with E-state index in [0.29, 0.717) is 17.6 Å². The van der Waals surface area contributed by atoms with E-state index in [2.05, 4.69) is 19.9 Å². The van der Waals surface area contributed by atoms with Gasteiger partial charge in [0.1, 0.15) is 0 Å². The molecule has 3 heteroatoms. The number of fused-ring (bicyclic) bond motifs is 5. The summed E-state index contributed by atoms with van der Waals surface area (Å²) in [6.45, 7) is 6.55. The molecule has 0 heterocycles. The van der Waals surface area contributed by atoms with Crippen LogP contribution in [0.1, 0.15) is 72.1 Å². The lowest BCUT2D eigenvalue weighted by Gasteiger charge is -2.55. The highest BCUT2D eigenvalue weighted by atomic mass is 16.5. The molecule has 3 nitrogen and oxygen atoms in total. The molecular formula is C23H34O3. The van der Waals surface area contributed by atoms with Crippen LogP contribution >= 0.6 is 0 Å². The highest BCUT2D eigenvalue weighted by molar-refractivity contribution is 5.98. The Morgan fingerprint density at radius 2 is 1.92 bits per heavy atom. The number of ketones is 1. The van der Waals surface area contributed by atoms with Crippen molar-refractivity contribution in [1.82, 2.24) is 0 Å². The normalized spacial score (nSPS) is 45.8. The molecule has 0 aromatic heterocycles. The van der Waals surface area contributed by atoms with Crippen LogP contribution in [0.25, 0.3) is 0 Å². The predicted molar refractivity (Wildman–Crippen MR) is 101 cm³/mol. The van der Waals surface area contributed by atoms with Crippen molar-refractivity contribution in [3.05, 3.63) is 11.6 Å². The number of carbonyl (C=O) groups is 2. The molecule has 0 N–H and O–H groups in total. The molecule has 0 aliphatic heterocycles. The minimum absolute atomic E-state index is 0.113. The molecule has 0 spiro atoms. The van der Waals surface area contributed by atoms with Crippen molar-refractivity contribution in [2.45, 2.75) is 72.1 Å². The van der Waals surface area contributed by atoms with Gasteiger partial charge in [0.15, 0.2) is 5.78 Å². The maximum atomic E-state index is 13.5. The van der Waals surface area contributed by atoms with Crippen LogP contribution in [0.3, 0.4) is 0 Å². The second-order valence-corrected chi connectivity index (χ2v) is 9.89. The quantitative estimate of drug-likeness (QED) is 0.656. The summed E-state index contributed by atoms with van der Waals surface area (Å²) in [6.07, 6.45) is 11.9. The topological polar surface area (TPSA) is 43.4 Å². The van der Waals surface area contributed by atoms with E-state index < -0.39 is 0 Å². The Morgan fingerprint density at radius 1 is 1.15 bits per heavy atom. The third kappa shape index (κ3) is 2.31. The van der Waals surface area contributed by atoms with Crippen molar-refractivity contribution in [1.29, 1.82) is 0 Å². The van der Waals surface area contributed by atoms with E-state index in [0.717, 1.165) is 18.8 Å². The Bertz CT molecular complexity index is 650. The summed E-state index contributed by atoms with van der Waals surface area (Å²) >= 11 is 0. The summed E-state index contributed by atoms with van der Waals surface area (Å²) in [5.74, 6) is 1.76. The van der Waals surface area contributed by atoms with E-state index in [4.69, 9.17) is 4.74 Å². The van der Waals surface area contributed by atoms with E-state index in [1.807, 2.05) is 6.92 Å². The fraction of sp³-hybridized carbons (Fsp3) is 0.826. The number of carbonyl (C=O) groups excluding carboxylic acids is 2. The molecule has 0 aromatic carbocycles. The number of hydrogen-bond acceptors (Lipinski definition) is 3. The summed E-state index contributed by atoms with van der Waals surface area (Å²) in [5.41, 5.74) is 1.33. The van der Waals surface area contributed by atoms with Crippen molar-refractivity contribution < 1.29 is 14.3 Å². The molecule has 0 amide bonds. The first-order chi connectivity index (χ1) is 12.3. The molecule has 0 bridgehead atoms. The molecule has 26 heavy (non-hydrogen) atoms. The molecule has 0 saturated heterocycles. The molecule has 3 saturated carbocycles. The second kappa shape index (κ2) is 6.21. The molecular weight excluding hydrogens is 324 g/mol. The third-order valence-corrected chi connectivity index (χ3v) is 9.09. The fourth-order valence-corrected chi connectivity index (χ4v) is 7.53. The molecule has 7 unspecified atom stereocenters. The molecule has 4 aliphatic rings. The van der Waals surface area contributed by atoms with E-state index in [1.165, 1.54) is 51.2 Å². The van der Waals surface area contributed by atoms with Crippen LogP contribution in [0.15, 0.2) is 11.6 Å². The minimum Gasteiger partial charge on any atom is -0.469 e. The minimum atomic E-state index is -0.389. The molecule has 4 aliphatic carbocycles. The molecule has 0 aromatic rings. The smallest absolute Gasteiger partial charge is 0.308 e. The zero-order valence-electron chi connectivity index (χ0n) is 16.8. The Labute approximate surface area is 157 Å². The highest BCUT2D eigenvalue weighted by Gasteiger charge is 2.61. The van der Waals surface area contributed by atoms with Crippen molar-refractivity contribution in [2.75, 3.05) is 7.11 Å². The predicted octanol–water partition coefficient (Wildman–Crippen LogP) is 4.94. The number of rotatable bonds is 2. The van der Waals surface area contributed by atoms with E-state index >= 15 is 0 Å². The van der Waals surface area contributed by atoms with Gasteiger partial charge in [0.05, 0.1) is 13.0 Å². The van der Waals surface area contributed by atoms with Crippen molar-refractivity contribution in [3.8, 4) is 0 Å². The largest absolute Gasteiger partial charge is 0.469 e. The number of allylic oxidation sites excluding steroid dienone is 2. The van der Waals surface area contributed by atoms with Gasteiger partial charge in [0.2, 0.25) is 0 Å². The summed E-state index contributed by atoms with van der Waals surface area (Å²) in [4.78, 5) is 25.7. The zero-order chi connectivity index (χ0) is 18.7. The average Bonchev–Trinajstić information content (AvgIpc) is 2.99. The first kappa shape index (κ1) is 18.3. The van der Waals surface area contributed by atoms with Crippen LogP contribution in [-0.4, -0.2) is 18.9 Å². The van der Waals surface area contributed by atoms with Crippen LogP contribution in [0.4, 0.5) is 0 Å². The zero-order valence-corrected chi connectivity index (χ0v) is 16.8. The molecule has 4 rings (SSSR count). The number of hydrogen-bond donors (Lipinski definition) is 0. The van der Waals surface area contributed by atoms with E-state index in [9.17, 15) is 9.59 Å². The summed E-state index contributed by atoms with van der Waals surface area (Å²) < 4.78 is 5.01. The van der Waals surface area contributed by atoms with Gasteiger partial charge in [-0.25, -0.2) is 0 Å². The SMILES string of the molecule is COC(=O)C(C)C1CCC2C3CCC4CCCCC4(C)C3=CC(=O)C12C. The van der Waals surface area contributed by atoms with Crippen LogP contribution < -0.4 is 0 Å². The summed E-state index contributed by atoms with van der Waals surface area (Å²) in [5, 5.41) is 0. The molecule has 7 atom stereocenters. The Balaban J connectivity index is 1.72. The van der Waals surface area contributed by atoms with Gasteiger partial charge in [-0.3, -0.25) is 9.59 Å². The second-order valence-electron chi connectivity index (χ2n) is 9.89. The van der Waals surface area contributed by atoms with Crippen LogP contribution in [-0.2, 0) is 14.3 Å². The third-order valence-electron chi connectivity index (χ3n) is 9.09. The van der Waals surface area contributed by atoms with Gasteiger partial charge in [-0.2, -0.15) is 0 Å². The Hall–Kier alpha value is -1.12. The van der Waals surface area contributed by atoms with Crippen LogP contribution in [0.5, 0.6) is 0 Å². The Morgan fingerprint density at radius 3 is 2.65 bits per heavy atom. The standard InChI is InChI=1S/C23H34O3/c1-14(21(25)26-4)17-10-11-18-16-9-8-15-7-5-6-12-22(15,2)19(16)13-20(24)23(17,18)3/h13-18H,5-12H2,1-4H3. The van der Waals surface area contributed by atoms with Gasteiger partial charge >= 0.3 is 5.97 Å². The van der Waals surface area contributed by atoms with Crippen LogP contribution in [0, 0.1) is 40.4 Å². The number of esters is 1. The summed E-state index contributed by atoms with van der Waals surface area (Å²) in [7, 11) is 1.46. The van der Waals surface area contributed by atoms with Crippen molar-refractivity contribution in [2.24, 2.45) is 40.4 Å². The monoisotopic (exact) mass is 358 g/mol. The fourth-order valence-electron chi connectivity index (χ4n) is 7.53. The highest BCUT2D eigenvalue weighted by Crippen LogP contribution is 2.65. The van der Waals surface area contributed by atoms with Crippen LogP contribution in [0.2, 0.25) is 0 Å². The van der Waals surface area contributed by atoms with Gasteiger partial charge < -0.3 is 4.74 Å². The molecule has 144 valence electrons. The van der Waals surface area contributed by atoms with E-state index in [-0.39, 0.29) is 28.6 Å². The lowest BCUT2D eigenvalue weighted by molar-refractivity contribution is -0.150. The number of ether oxygens (including phenoxy) is 1. The number of methoxy groups -OCH3 is 1. The van der Waals surface area contributed by atoms with E-state index in [1.54, 1.807) is 0 Å². The Kier molecular flexibility index (Phi) is 4.36. The first-order valence-electron chi connectivity index (χ1n) is 10.7. The summed E-state index contributed by atoms with van der Waals surface area (Å²) in [6, 6.07) is 0. The average molecular weight is 359 g/mol. The van der Waals surface area contributed by atoms with Gasteiger partial charge in [-0.1, -0.05) is 39.2 Å². The van der Waals surface area contributed by atoms with Gasteiger partial charge in [0, 0.05) is 5.41 Å². The first-order valence-corrected chi connectivity index (χ1v) is 10.7. The maximum Gasteiger partial charge on any atom is 0.308 e. The van der Waals surface area contributed by atoms with Crippen molar-refractivity contribution in [3.63, 3.8) is 0 Å². The van der Waals surface area contributed by atoms with Crippen molar-refractivity contribution >= 4 is 11.8 Å². The van der Waals surface area contributed by atoms with Gasteiger partial charge in [0.25, 0.3) is 0 Å². The molecule has 3 fully saturated rings. The van der Waals surface area contributed by atoms with Gasteiger partial charge in [-0.15, -0.1) is 0 Å². The van der Waals surface area contributed by atoms with Gasteiger partial charge in [-0.05, 0) is 73.7 Å². The molecule has 0 radical (unpaired) electrons. The maximum absolute atomic E-state index is 13.5. The lowest BCUT2D eigenvalue weighted by atomic mass is 9.48. The lowest BCUT2D eigenvalue weighted by Crippen LogP contribution is -2.51.